The molecule has 2 aliphatic rings. The number of benzene rings is 2. The van der Waals surface area contributed by atoms with Crippen LogP contribution in [-0.2, 0) is 13.1 Å². The molecule has 1 aliphatic heterocycles. The number of nitrogens with one attached hydrogen (secondary N) is 1. The van der Waals surface area contributed by atoms with Gasteiger partial charge in [0.15, 0.2) is 17.3 Å². The summed E-state index contributed by atoms with van der Waals surface area (Å²) in [7, 11) is 0. The largest absolute Gasteiger partial charge is 0.486 e. The van der Waals surface area contributed by atoms with E-state index >= 15 is 0 Å². The molecule has 1 atom stereocenters. The van der Waals surface area contributed by atoms with Crippen LogP contribution in [0.3, 0.4) is 0 Å². The Balaban J connectivity index is 1.38. The topological polar surface area (TPSA) is 98.2 Å². The second kappa shape index (κ2) is 10.5. The molecule has 1 N–H and O–H groups in total. The molecular weight excluding hydrogens is 487 g/mol. The maximum Gasteiger partial charge on any atom is 0.252 e. The molecule has 38 heavy (non-hydrogen) atoms. The molecule has 0 radical (unpaired) electrons. The minimum atomic E-state index is -0.280. The molecule has 2 aromatic heterocycles. The van der Waals surface area contributed by atoms with Crippen molar-refractivity contribution >= 4 is 10.9 Å². The van der Waals surface area contributed by atoms with Gasteiger partial charge < -0.3 is 14.5 Å². The van der Waals surface area contributed by atoms with E-state index in [1.165, 1.54) is 25.0 Å². The van der Waals surface area contributed by atoms with Gasteiger partial charge in [-0.25, -0.2) is 9.07 Å². The van der Waals surface area contributed by atoms with Crippen molar-refractivity contribution in [1.82, 2.24) is 30.1 Å². The van der Waals surface area contributed by atoms with Crippen LogP contribution in [0.5, 0.6) is 11.5 Å². The van der Waals surface area contributed by atoms with Crippen LogP contribution < -0.4 is 15.0 Å². The maximum absolute atomic E-state index is 13.7. The predicted octanol–water partition coefficient (Wildman–Crippen LogP) is 4.69. The Morgan fingerprint density at radius 3 is 2.55 bits per heavy atom. The fourth-order valence-electron chi connectivity index (χ4n) is 5.66. The average Bonchev–Trinajstić information content (AvgIpc) is 3.62. The fourth-order valence-corrected chi connectivity index (χ4v) is 5.66. The van der Waals surface area contributed by atoms with E-state index in [4.69, 9.17) is 9.47 Å². The van der Waals surface area contributed by atoms with E-state index in [0.717, 1.165) is 36.0 Å². The molecule has 0 bridgehead atoms. The standard InChI is InChI=1S/C28H31FN6O3/c1-2-24(27-31-32-33-35(27)22-5-3-4-6-22)34(16-18-7-9-21(29)10-8-18)17-20-13-19-14-25-26(38-12-11-37-25)15-23(19)30-28(20)36/h7-10,13-15,22,24H,2-6,11-12,16-17H2,1H3,(H,30,36)/t24-/m1/s1. The molecule has 2 aromatic carbocycles. The van der Waals surface area contributed by atoms with Crippen molar-refractivity contribution in [3.63, 3.8) is 0 Å². The smallest absolute Gasteiger partial charge is 0.252 e. The van der Waals surface area contributed by atoms with Crippen molar-refractivity contribution in [3.05, 3.63) is 75.6 Å². The summed E-state index contributed by atoms with van der Waals surface area (Å²) in [5, 5.41) is 13.7. The number of aromatic nitrogens is 5. The third-order valence-electron chi connectivity index (χ3n) is 7.57. The highest BCUT2D eigenvalue weighted by molar-refractivity contribution is 5.83. The monoisotopic (exact) mass is 518 g/mol. The van der Waals surface area contributed by atoms with E-state index < -0.39 is 0 Å². The maximum atomic E-state index is 13.7. The first-order valence-electron chi connectivity index (χ1n) is 13.3. The van der Waals surface area contributed by atoms with Crippen LogP contribution in [0.15, 0.2) is 47.3 Å². The number of hydrogen-bond acceptors (Lipinski definition) is 7. The quantitative estimate of drug-likeness (QED) is 0.361. The zero-order valence-corrected chi connectivity index (χ0v) is 21.4. The van der Waals surface area contributed by atoms with Crippen molar-refractivity contribution in [2.75, 3.05) is 13.2 Å². The lowest BCUT2D eigenvalue weighted by molar-refractivity contribution is 0.158. The SMILES string of the molecule is CC[C@H](c1nnnn1C1CCCC1)N(Cc1ccc(F)cc1)Cc1cc2cc3c(cc2[nH]c1=O)OCCO3. The molecule has 0 unspecified atom stereocenters. The Kier molecular flexibility index (Phi) is 6.80. The summed E-state index contributed by atoms with van der Waals surface area (Å²) in [6.45, 7) is 3.96. The highest BCUT2D eigenvalue weighted by Gasteiger charge is 2.30. The van der Waals surface area contributed by atoms with Crippen LogP contribution in [0.1, 0.15) is 68.1 Å². The van der Waals surface area contributed by atoms with Crippen LogP contribution in [0.2, 0.25) is 0 Å². The molecule has 9 nitrogen and oxygen atoms in total. The predicted molar refractivity (Wildman–Crippen MR) is 140 cm³/mol. The number of ether oxygens (including phenoxy) is 2. The molecule has 3 heterocycles. The van der Waals surface area contributed by atoms with Gasteiger partial charge in [-0.1, -0.05) is 31.9 Å². The number of hydrogen-bond donors (Lipinski definition) is 1. The van der Waals surface area contributed by atoms with Gasteiger partial charge in [-0.2, -0.15) is 0 Å². The van der Waals surface area contributed by atoms with Gasteiger partial charge in [0.25, 0.3) is 5.56 Å². The number of tetrazole rings is 1. The van der Waals surface area contributed by atoms with Crippen LogP contribution in [-0.4, -0.2) is 43.3 Å². The number of nitrogens with zero attached hydrogens (tertiary/aromatic N) is 5. The molecule has 0 saturated heterocycles. The summed E-state index contributed by atoms with van der Waals surface area (Å²) >= 11 is 0. The molecule has 6 rings (SSSR count). The summed E-state index contributed by atoms with van der Waals surface area (Å²) < 4.78 is 27.1. The summed E-state index contributed by atoms with van der Waals surface area (Å²) in [5.74, 6) is 1.83. The van der Waals surface area contributed by atoms with Crippen molar-refractivity contribution in [2.45, 2.75) is 64.2 Å². The summed E-state index contributed by atoms with van der Waals surface area (Å²) in [6, 6.07) is 12.3. The lowest BCUT2D eigenvalue weighted by atomic mass is 10.1. The molecule has 1 fully saturated rings. The molecule has 10 heteroatoms. The molecule has 198 valence electrons. The number of rotatable bonds is 8. The van der Waals surface area contributed by atoms with Crippen molar-refractivity contribution < 1.29 is 13.9 Å². The van der Waals surface area contributed by atoms with Gasteiger partial charge >= 0.3 is 0 Å². The molecule has 4 aromatic rings. The molecule has 1 saturated carbocycles. The fraction of sp³-hybridized carbons (Fsp3) is 0.429. The molecular formula is C28H31FN6O3. The zero-order chi connectivity index (χ0) is 26.1. The highest BCUT2D eigenvalue weighted by atomic mass is 19.1. The van der Waals surface area contributed by atoms with Gasteiger partial charge in [-0.3, -0.25) is 9.69 Å². The first-order chi connectivity index (χ1) is 18.6. The number of pyridine rings is 1. The van der Waals surface area contributed by atoms with E-state index in [-0.39, 0.29) is 17.4 Å². The Morgan fingerprint density at radius 1 is 1.08 bits per heavy atom. The van der Waals surface area contributed by atoms with Gasteiger partial charge in [0.1, 0.15) is 19.0 Å². The second-order valence-electron chi connectivity index (χ2n) is 10.1. The third kappa shape index (κ3) is 4.88. The van der Waals surface area contributed by atoms with Gasteiger partial charge in [-0.15, -0.1) is 5.10 Å². The van der Waals surface area contributed by atoms with Crippen LogP contribution in [0, 0.1) is 5.82 Å². The van der Waals surface area contributed by atoms with E-state index in [9.17, 15) is 9.18 Å². The number of H-pyrrole nitrogens is 1. The van der Waals surface area contributed by atoms with Crippen molar-refractivity contribution in [1.29, 1.82) is 0 Å². The minimum Gasteiger partial charge on any atom is -0.486 e. The minimum absolute atomic E-state index is 0.133. The average molecular weight is 519 g/mol. The van der Waals surface area contributed by atoms with Gasteiger partial charge in [-0.05, 0) is 59.5 Å². The first kappa shape index (κ1) is 24.5. The number of halogens is 1. The Bertz CT molecular complexity index is 1480. The van der Waals surface area contributed by atoms with Crippen LogP contribution in [0.25, 0.3) is 10.9 Å². The molecule has 0 spiro atoms. The molecule has 1 aliphatic carbocycles. The first-order valence-corrected chi connectivity index (χ1v) is 13.3. The highest BCUT2D eigenvalue weighted by Crippen LogP contribution is 2.35. The van der Waals surface area contributed by atoms with Crippen LogP contribution in [0.4, 0.5) is 4.39 Å². The normalized spacial score (nSPS) is 16.4. The summed E-state index contributed by atoms with van der Waals surface area (Å²) in [6.07, 6.45) is 5.22. The summed E-state index contributed by atoms with van der Waals surface area (Å²) in [4.78, 5) is 18.5. The van der Waals surface area contributed by atoms with Crippen molar-refractivity contribution in [3.8, 4) is 11.5 Å². The van der Waals surface area contributed by atoms with Crippen LogP contribution >= 0.6 is 0 Å². The third-order valence-corrected chi connectivity index (χ3v) is 7.57. The van der Waals surface area contributed by atoms with Gasteiger partial charge in [0, 0.05) is 30.1 Å². The Morgan fingerprint density at radius 2 is 1.82 bits per heavy atom. The number of aromatic amines is 1. The Hall–Kier alpha value is -3.79. The lowest BCUT2D eigenvalue weighted by Gasteiger charge is -2.31. The van der Waals surface area contributed by atoms with Gasteiger partial charge in [0.2, 0.25) is 0 Å². The Labute approximate surface area is 219 Å². The van der Waals surface area contributed by atoms with E-state index in [2.05, 4.69) is 32.3 Å². The van der Waals surface area contributed by atoms with Gasteiger partial charge in [0.05, 0.1) is 17.6 Å². The summed E-state index contributed by atoms with van der Waals surface area (Å²) in [5.41, 5.74) is 2.10. The zero-order valence-electron chi connectivity index (χ0n) is 21.4. The lowest BCUT2D eigenvalue weighted by Crippen LogP contribution is -2.32. The van der Waals surface area contributed by atoms with E-state index in [1.54, 1.807) is 12.1 Å². The molecule has 0 amide bonds. The van der Waals surface area contributed by atoms with E-state index in [1.807, 2.05) is 22.9 Å². The van der Waals surface area contributed by atoms with E-state index in [0.29, 0.717) is 54.9 Å². The number of fused-ring (bicyclic) bond motifs is 2. The second-order valence-corrected chi connectivity index (χ2v) is 10.1. The van der Waals surface area contributed by atoms with Crippen molar-refractivity contribution in [2.24, 2.45) is 0 Å².